The Morgan fingerprint density at radius 3 is 2.64 bits per heavy atom. The molecular weight excluding hydrogens is 358 g/mol. The van der Waals surface area contributed by atoms with Gasteiger partial charge in [-0.15, -0.1) is 11.3 Å². The lowest BCUT2D eigenvalue weighted by Crippen LogP contribution is -2.46. The molecule has 0 aliphatic rings. The molecule has 0 aliphatic carbocycles. The monoisotopic (exact) mass is 381 g/mol. The lowest BCUT2D eigenvalue weighted by Gasteiger charge is -2.23. The number of hydrogen-bond donors (Lipinski definition) is 1. The van der Waals surface area contributed by atoms with Gasteiger partial charge in [0.1, 0.15) is 16.2 Å². The van der Waals surface area contributed by atoms with E-state index in [1.165, 1.54) is 23.0 Å². The van der Waals surface area contributed by atoms with Crippen molar-refractivity contribution in [2.24, 2.45) is 0 Å². The molecule has 0 aromatic carbocycles. The summed E-state index contributed by atoms with van der Waals surface area (Å²) in [5, 5.41) is 4.54. The van der Waals surface area contributed by atoms with E-state index >= 15 is 0 Å². The van der Waals surface area contributed by atoms with E-state index in [2.05, 4.69) is 15.3 Å². The van der Waals surface area contributed by atoms with E-state index in [4.69, 9.17) is 4.74 Å². The third kappa shape index (κ3) is 5.15. The van der Waals surface area contributed by atoms with Crippen LogP contribution < -0.4 is 5.32 Å². The number of fused-ring (bicyclic) bond motifs is 1. The van der Waals surface area contributed by atoms with Crippen LogP contribution in [0.25, 0.3) is 10.2 Å². The first-order valence-electron chi connectivity index (χ1n) is 7.93. The number of nitrogens with one attached hydrogen (secondary N) is 1. The summed E-state index contributed by atoms with van der Waals surface area (Å²) in [5.41, 5.74) is 0.766. The molecule has 2 heterocycles. The Bertz CT molecular complexity index is 796. The van der Waals surface area contributed by atoms with Gasteiger partial charge in [-0.3, -0.25) is 9.59 Å². The highest BCUT2D eigenvalue weighted by Crippen LogP contribution is 2.34. The Morgan fingerprint density at radius 1 is 1.32 bits per heavy atom. The summed E-state index contributed by atoms with van der Waals surface area (Å²) in [7, 11) is 0. The van der Waals surface area contributed by atoms with Crippen LogP contribution >= 0.6 is 23.1 Å². The van der Waals surface area contributed by atoms with Gasteiger partial charge >= 0.3 is 5.97 Å². The number of aryl methyl sites for hydroxylation is 2. The molecule has 0 aliphatic heterocycles. The Balaban J connectivity index is 1.98. The van der Waals surface area contributed by atoms with Gasteiger partial charge in [-0.25, -0.2) is 9.97 Å². The zero-order chi connectivity index (χ0) is 18.8. The van der Waals surface area contributed by atoms with E-state index in [0.717, 1.165) is 20.8 Å². The molecule has 25 heavy (non-hydrogen) atoms. The molecule has 2 rings (SSSR count). The maximum absolute atomic E-state index is 12.1. The minimum Gasteiger partial charge on any atom is -0.452 e. The second-order valence-corrected chi connectivity index (χ2v) is 8.97. The first kappa shape index (κ1) is 19.7. The van der Waals surface area contributed by atoms with Crippen molar-refractivity contribution < 1.29 is 14.3 Å². The molecule has 0 bridgehead atoms. The van der Waals surface area contributed by atoms with Crippen molar-refractivity contribution in [1.82, 2.24) is 15.3 Å². The first-order chi connectivity index (χ1) is 11.6. The van der Waals surface area contributed by atoms with Gasteiger partial charge in [-0.05, 0) is 47.1 Å². The zero-order valence-electron chi connectivity index (χ0n) is 15.3. The molecule has 0 saturated heterocycles. The second-order valence-electron chi connectivity index (χ2n) is 6.80. The topological polar surface area (TPSA) is 81.2 Å². The third-order valence-electron chi connectivity index (χ3n) is 3.43. The highest BCUT2D eigenvalue weighted by atomic mass is 32.2. The average Bonchev–Trinajstić information content (AvgIpc) is 2.79. The Morgan fingerprint density at radius 2 is 2.00 bits per heavy atom. The summed E-state index contributed by atoms with van der Waals surface area (Å²) in [4.78, 5) is 34.7. The lowest BCUT2D eigenvalue weighted by molar-refractivity contribution is -0.152. The van der Waals surface area contributed by atoms with Crippen LogP contribution in [-0.2, 0) is 14.3 Å². The van der Waals surface area contributed by atoms with Crippen LogP contribution in [-0.4, -0.2) is 39.2 Å². The standard InChI is InChI=1S/C17H23N3O3S2/c1-9-11(3)25-16-13(9)15(18-8-19-16)24-7-12(21)23-10(2)14(22)20-17(4,5)6/h8,10H,7H2,1-6H3,(H,20,22)/t10-/m1/s1. The highest BCUT2D eigenvalue weighted by molar-refractivity contribution is 8.00. The second kappa shape index (κ2) is 7.70. The summed E-state index contributed by atoms with van der Waals surface area (Å²) in [6, 6.07) is 0. The number of aromatic nitrogens is 2. The summed E-state index contributed by atoms with van der Waals surface area (Å²) in [6.45, 7) is 11.3. The number of carbonyl (C=O) groups excluding carboxylic acids is 2. The number of amides is 1. The fourth-order valence-corrected chi connectivity index (χ4v) is 4.04. The fraction of sp³-hybridized carbons (Fsp3) is 0.529. The number of thioether (sulfide) groups is 1. The average molecular weight is 382 g/mol. The molecule has 136 valence electrons. The SMILES string of the molecule is Cc1sc2ncnc(SCC(=O)O[C@H](C)C(=O)NC(C)(C)C)c2c1C. The van der Waals surface area contributed by atoms with Gasteiger partial charge in [-0.2, -0.15) is 0 Å². The maximum Gasteiger partial charge on any atom is 0.317 e. The quantitative estimate of drug-likeness (QED) is 0.486. The Hall–Kier alpha value is -1.67. The molecule has 0 fully saturated rings. The van der Waals surface area contributed by atoms with Crippen LogP contribution in [0.4, 0.5) is 0 Å². The number of thiophene rings is 1. The number of carbonyl (C=O) groups is 2. The van der Waals surface area contributed by atoms with Gasteiger partial charge < -0.3 is 10.1 Å². The van der Waals surface area contributed by atoms with Gasteiger partial charge in [0.2, 0.25) is 0 Å². The highest BCUT2D eigenvalue weighted by Gasteiger charge is 2.22. The molecule has 6 nitrogen and oxygen atoms in total. The summed E-state index contributed by atoms with van der Waals surface area (Å²) < 4.78 is 5.21. The van der Waals surface area contributed by atoms with Crippen molar-refractivity contribution in [3.63, 3.8) is 0 Å². The van der Waals surface area contributed by atoms with Crippen LogP contribution in [0.5, 0.6) is 0 Å². The number of nitrogens with zero attached hydrogens (tertiary/aromatic N) is 2. The molecule has 1 N–H and O–H groups in total. The smallest absolute Gasteiger partial charge is 0.317 e. The molecule has 0 spiro atoms. The van der Waals surface area contributed by atoms with Gasteiger partial charge in [0.15, 0.2) is 6.10 Å². The van der Waals surface area contributed by atoms with Crippen molar-refractivity contribution in [1.29, 1.82) is 0 Å². The van der Waals surface area contributed by atoms with Crippen LogP contribution in [0, 0.1) is 13.8 Å². The van der Waals surface area contributed by atoms with Gasteiger partial charge in [-0.1, -0.05) is 11.8 Å². The number of hydrogen-bond acceptors (Lipinski definition) is 7. The number of esters is 1. The number of ether oxygens (including phenoxy) is 1. The van der Waals surface area contributed by atoms with E-state index < -0.39 is 12.1 Å². The molecule has 0 saturated carbocycles. The van der Waals surface area contributed by atoms with Crippen LogP contribution in [0.15, 0.2) is 11.4 Å². The summed E-state index contributed by atoms with van der Waals surface area (Å²) in [5.74, 6) is -0.661. The van der Waals surface area contributed by atoms with E-state index in [0.29, 0.717) is 0 Å². The van der Waals surface area contributed by atoms with Gasteiger partial charge in [0.25, 0.3) is 5.91 Å². The summed E-state index contributed by atoms with van der Waals surface area (Å²) in [6.07, 6.45) is 0.674. The van der Waals surface area contributed by atoms with Gasteiger partial charge in [0.05, 0.1) is 5.75 Å². The van der Waals surface area contributed by atoms with Crippen LogP contribution in [0.3, 0.4) is 0 Å². The maximum atomic E-state index is 12.1. The molecule has 1 amide bonds. The fourth-order valence-electron chi connectivity index (χ4n) is 2.14. The van der Waals surface area contributed by atoms with E-state index in [-0.39, 0.29) is 17.2 Å². The molecular formula is C17H23N3O3S2. The lowest BCUT2D eigenvalue weighted by atomic mass is 10.1. The predicted octanol–water partition coefficient (Wildman–Crippen LogP) is 3.25. The molecule has 0 unspecified atom stereocenters. The van der Waals surface area contributed by atoms with Crippen molar-refractivity contribution in [3.8, 4) is 0 Å². The Labute approximate surface area is 155 Å². The molecule has 0 radical (unpaired) electrons. The first-order valence-corrected chi connectivity index (χ1v) is 9.73. The molecule has 2 aromatic heterocycles. The zero-order valence-corrected chi connectivity index (χ0v) is 16.9. The minimum absolute atomic E-state index is 0.0909. The van der Waals surface area contributed by atoms with E-state index in [1.807, 2.05) is 34.6 Å². The van der Waals surface area contributed by atoms with Crippen LogP contribution in [0.2, 0.25) is 0 Å². The molecule has 8 heteroatoms. The van der Waals surface area contributed by atoms with Crippen molar-refractivity contribution >= 4 is 45.2 Å². The van der Waals surface area contributed by atoms with Crippen molar-refractivity contribution in [2.75, 3.05) is 5.75 Å². The Kier molecular flexibility index (Phi) is 6.05. The predicted molar refractivity (Wildman–Crippen MR) is 101 cm³/mol. The van der Waals surface area contributed by atoms with Crippen molar-refractivity contribution in [2.45, 2.75) is 58.2 Å². The summed E-state index contributed by atoms with van der Waals surface area (Å²) >= 11 is 2.92. The normalized spacial score (nSPS) is 12.9. The van der Waals surface area contributed by atoms with Gasteiger partial charge in [0, 0.05) is 15.8 Å². The molecule has 1 atom stereocenters. The number of rotatable bonds is 5. The largest absolute Gasteiger partial charge is 0.452 e. The third-order valence-corrected chi connectivity index (χ3v) is 5.51. The van der Waals surface area contributed by atoms with E-state index in [1.54, 1.807) is 18.3 Å². The van der Waals surface area contributed by atoms with Crippen molar-refractivity contribution in [3.05, 3.63) is 16.8 Å². The minimum atomic E-state index is -0.831. The van der Waals surface area contributed by atoms with E-state index in [9.17, 15) is 9.59 Å². The van der Waals surface area contributed by atoms with Crippen LogP contribution in [0.1, 0.15) is 38.1 Å². The molecule has 2 aromatic rings.